The quantitative estimate of drug-likeness (QED) is 0.843. The Morgan fingerprint density at radius 1 is 1.26 bits per heavy atom. The van der Waals surface area contributed by atoms with Gasteiger partial charge < -0.3 is 14.7 Å². The van der Waals surface area contributed by atoms with Gasteiger partial charge in [-0.1, -0.05) is 12.2 Å². The van der Waals surface area contributed by atoms with Gasteiger partial charge in [0.05, 0.1) is 6.61 Å². The maximum atomic E-state index is 12.2. The highest BCUT2D eigenvalue weighted by atomic mass is 16.5. The molecular formula is C15H17NO3. The molecule has 19 heavy (non-hydrogen) atoms. The maximum absolute atomic E-state index is 12.2. The van der Waals surface area contributed by atoms with Crippen molar-refractivity contribution in [2.24, 2.45) is 5.92 Å². The third-order valence-corrected chi connectivity index (χ3v) is 3.43. The van der Waals surface area contributed by atoms with Gasteiger partial charge in [-0.25, -0.2) is 0 Å². The summed E-state index contributed by atoms with van der Waals surface area (Å²) in [6, 6.07) is 4.76. The van der Waals surface area contributed by atoms with Crippen molar-refractivity contribution in [3.05, 3.63) is 35.9 Å². The highest BCUT2D eigenvalue weighted by Crippen LogP contribution is 2.30. The molecule has 1 aromatic rings. The van der Waals surface area contributed by atoms with Gasteiger partial charge in [-0.3, -0.25) is 4.79 Å². The summed E-state index contributed by atoms with van der Waals surface area (Å²) in [5, 5.41) is 9.70. The molecule has 4 heteroatoms. The van der Waals surface area contributed by atoms with Crippen molar-refractivity contribution in [2.45, 2.75) is 12.8 Å². The van der Waals surface area contributed by atoms with Gasteiger partial charge in [0.2, 0.25) is 0 Å². The van der Waals surface area contributed by atoms with E-state index < -0.39 is 0 Å². The highest BCUT2D eigenvalue weighted by Gasteiger charge is 2.22. The number of hydrogen-bond acceptors (Lipinski definition) is 3. The van der Waals surface area contributed by atoms with Crippen molar-refractivity contribution in [1.29, 1.82) is 0 Å². The predicted molar refractivity (Wildman–Crippen MR) is 71.4 cm³/mol. The molecule has 4 nitrogen and oxygen atoms in total. The Balaban J connectivity index is 1.73. The molecule has 2 aliphatic rings. The Hall–Kier alpha value is -1.97. The van der Waals surface area contributed by atoms with Crippen LogP contribution in [-0.2, 0) is 0 Å². The zero-order valence-corrected chi connectivity index (χ0v) is 10.7. The maximum Gasteiger partial charge on any atom is 0.254 e. The summed E-state index contributed by atoms with van der Waals surface area (Å²) in [7, 11) is 0. The van der Waals surface area contributed by atoms with E-state index in [0.29, 0.717) is 36.9 Å². The lowest BCUT2D eigenvalue weighted by Crippen LogP contribution is -2.28. The number of phenolic OH excluding ortho intramolecular Hbond substituents is 1. The fraction of sp³-hybridized carbons (Fsp3) is 0.400. The van der Waals surface area contributed by atoms with Crippen LogP contribution >= 0.6 is 0 Å². The summed E-state index contributed by atoms with van der Waals surface area (Å²) in [6.45, 7) is 1.93. The molecule has 0 atom stereocenters. The molecule has 1 amide bonds. The number of ether oxygens (including phenoxy) is 1. The molecule has 1 aromatic carbocycles. The molecule has 3 rings (SSSR count). The summed E-state index contributed by atoms with van der Waals surface area (Å²) >= 11 is 0. The second-order valence-electron chi connectivity index (χ2n) is 5.15. The van der Waals surface area contributed by atoms with E-state index in [9.17, 15) is 9.90 Å². The fourth-order valence-corrected chi connectivity index (χ4v) is 2.12. The number of aromatic hydroxyl groups is 1. The SMILES string of the molecule is O=C(c1cc(O)cc(OCC2CC2)c1)N1CC=CC1. The Labute approximate surface area is 112 Å². The van der Waals surface area contributed by atoms with Crippen molar-refractivity contribution >= 4 is 5.91 Å². The molecule has 0 bridgehead atoms. The van der Waals surface area contributed by atoms with E-state index in [1.165, 1.54) is 18.9 Å². The van der Waals surface area contributed by atoms with Crippen LogP contribution in [-0.4, -0.2) is 35.6 Å². The molecule has 0 spiro atoms. The monoisotopic (exact) mass is 259 g/mol. The van der Waals surface area contributed by atoms with Crippen LogP contribution in [0, 0.1) is 5.92 Å². The van der Waals surface area contributed by atoms with E-state index in [2.05, 4.69) is 0 Å². The molecule has 0 aromatic heterocycles. The average Bonchev–Trinajstić information content (AvgIpc) is 3.07. The predicted octanol–water partition coefficient (Wildman–Crippen LogP) is 2.19. The Kier molecular flexibility index (Phi) is 3.15. The number of nitrogens with zero attached hydrogens (tertiary/aromatic N) is 1. The van der Waals surface area contributed by atoms with Gasteiger partial charge in [0.15, 0.2) is 0 Å². The van der Waals surface area contributed by atoms with Gasteiger partial charge >= 0.3 is 0 Å². The van der Waals surface area contributed by atoms with Crippen LogP contribution in [0.1, 0.15) is 23.2 Å². The highest BCUT2D eigenvalue weighted by molar-refractivity contribution is 5.95. The van der Waals surface area contributed by atoms with Gasteiger partial charge in [0, 0.05) is 24.7 Å². The van der Waals surface area contributed by atoms with Crippen LogP contribution in [0.2, 0.25) is 0 Å². The Bertz CT molecular complexity index is 512. The minimum atomic E-state index is -0.0721. The summed E-state index contributed by atoms with van der Waals surface area (Å²) < 4.78 is 5.62. The first-order chi connectivity index (χ1) is 9.22. The van der Waals surface area contributed by atoms with Crippen LogP contribution in [0.25, 0.3) is 0 Å². The zero-order valence-electron chi connectivity index (χ0n) is 10.7. The smallest absolute Gasteiger partial charge is 0.254 e. The van der Waals surface area contributed by atoms with E-state index in [4.69, 9.17) is 4.74 Å². The minimum absolute atomic E-state index is 0.0721. The molecule has 100 valence electrons. The molecule has 1 aliphatic heterocycles. The second kappa shape index (κ2) is 4.96. The van der Waals surface area contributed by atoms with Gasteiger partial charge in [0.25, 0.3) is 5.91 Å². The van der Waals surface area contributed by atoms with E-state index in [1.807, 2.05) is 12.2 Å². The third-order valence-electron chi connectivity index (χ3n) is 3.43. The number of benzene rings is 1. The molecule has 1 heterocycles. The van der Waals surface area contributed by atoms with E-state index in [0.717, 1.165) is 0 Å². The number of rotatable bonds is 4. The van der Waals surface area contributed by atoms with Crippen molar-refractivity contribution in [1.82, 2.24) is 4.90 Å². The topological polar surface area (TPSA) is 49.8 Å². The van der Waals surface area contributed by atoms with Gasteiger partial charge in [-0.05, 0) is 30.9 Å². The minimum Gasteiger partial charge on any atom is -0.508 e. The number of hydrogen-bond donors (Lipinski definition) is 1. The van der Waals surface area contributed by atoms with Crippen molar-refractivity contribution in [3.63, 3.8) is 0 Å². The molecule has 0 saturated heterocycles. The average molecular weight is 259 g/mol. The van der Waals surface area contributed by atoms with E-state index in [1.54, 1.807) is 17.0 Å². The standard InChI is InChI=1S/C15H17NO3/c17-13-7-12(15(18)16-5-1-2-6-16)8-14(9-13)19-10-11-3-4-11/h1-2,7-9,11,17H,3-6,10H2. The Morgan fingerprint density at radius 2 is 2.00 bits per heavy atom. The lowest BCUT2D eigenvalue weighted by molar-refractivity contribution is 0.0799. The first-order valence-electron chi connectivity index (χ1n) is 6.63. The summed E-state index contributed by atoms with van der Waals surface area (Å²) in [6.07, 6.45) is 6.35. The van der Waals surface area contributed by atoms with Crippen molar-refractivity contribution < 1.29 is 14.6 Å². The molecule has 0 radical (unpaired) electrons. The molecule has 1 N–H and O–H groups in total. The van der Waals surface area contributed by atoms with Crippen molar-refractivity contribution in [2.75, 3.05) is 19.7 Å². The summed E-state index contributed by atoms with van der Waals surface area (Å²) in [5.74, 6) is 1.22. The summed E-state index contributed by atoms with van der Waals surface area (Å²) in [5.41, 5.74) is 0.481. The number of amides is 1. The largest absolute Gasteiger partial charge is 0.508 e. The Morgan fingerprint density at radius 3 is 2.68 bits per heavy atom. The lowest BCUT2D eigenvalue weighted by Gasteiger charge is -2.16. The third kappa shape index (κ3) is 2.89. The molecule has 1 aliphatic carbocycles. The zero-order chi connectivity index (χ0) is 13.2. The van der Waals surface area contributed by atoms with Gasteiger partial charge in [-0.2, -0.15) is 0 Å². The van der Waals surface area contributed by atoms with Crippen LogP contribution in [0.5, 0.6) is 11.5 Å². The molecule has 1 fully saturated rings. The number of carbonyl (C=O) groups is 1. The normalized spacial score (nSPS) is 17.8. The van der Waals surface area contributed by atoms with Gasteiger partial charge in [-0.15, -0.1) is 0 Å². The van der Waals surface area contributed by atoms with Gasteiger partial charge in [0.1, 0.15) is 11.5 Å². The molecular weight excluding hydrogens is 242 g/mol. The first-order valence-corrected chi connectivity index (χ1v) is 6.63. The molecule has 0 unspecified atom stereocenters. The lowest BCUT2D eigenvalue weighted by atomic mass is 10.1. The second-order valence-corrected chi connectivity index (χ2v) is 5.15. The number of phenols is 1. The van der Waals surface area contributed by atoms with Crippen LogP contribution in [0.4, 0.5) is 0 Å². The fourth-order valence-electron chi connectivity index (χ4n) is 2.12. The molecule has 1 saturated carbocycles. The van der Waals surface area contributed by atoms with E-state index >= 15 is 0 Å². The number of carbonyl (C=O) groups excluding carboxylic acids is 1. The van der Waals surface area contributed by atoms with Crippen LogP contribution < -0.4 is 4.74 Å². The van der Waals surface area contributed by atoms with E-state index in [-0.39, 0.29) is 11.7 Å². The van der Waals surface area contributed by atoms with Crippen molar-refractivity contribution in [3.8, 4) is 11.5 Å². The van der Waals surface area contributed by atoms with Crippen LogP contribution in [0.3, 0.4) is 0 Å². The summed E-state index contributed by atoms with van der Waals surface area (Å²) in [4.78, 5) is 13.9. The first kappa shape index (κ1) is 12.1. The van der Waals surface area contributed by atoms with Crippen LogP contribution in [0.15, 0.2) is 30.4 Å².